The van der Waals surface area contributed by atoms with Crippen LogP contribution in [-0.4, -0.2) is 22.9 Å². The monoisotopic (exact) mass is 335 g/mol. The van der Waals surface area contributed by atoms with E-state index in [0.29, 0.717) is 5.75 Å². The Morgan fingerprint density at radius 2 is 2.09 bits per heavy atom. The third-order valence-electron chi connectivity index (χ3n) is 2.96. The molecule has 0 atom stereocenters. The number of carbonyl (C=O) groups excluding carboxylic acids is 1. The zero-order chi connectivity index (χ0) is 17.0. The first kappa shape index (κ1) is 16.6. The maximum atomic E-state index is 12.1. The van der Waals surface area contributed by atoms with Gasteiger partial charge in [0, 0.05) is 6.08 Å². The number of ether oxygens (including phenoxy) is 2. The van der Waals surface area contributed by atoms with Gasteiger partial charge in [-0.25, -0.2) is 9.48 Å². The molecular formula is C15H14ClN3O4. The zero-order valence-corrected chi connectivity index (χ0v) is 13.0. The largest absolute Gasteiger partial charge is 0.497 e. The zero-order valence-electron chi connectivity index (χ0n) is 12.3. The summed E-state index contributed by atoms with van der Waals surface area (Å²) >= 11 is 5.89. The third kappa shape index (κ3) is 3.70. The average molecular weight is 336 g/mol. The number of hydrogen-bond acceptors (Lipinski definition) is 6. The molecule has 1 aromatic heterocycles. The lowest BCUT2D eigenvalue weighted by molar-refractivity contribution is -0.129. The van der Waals surface area contributed by atoms with E-state index in [1.54, 1.807) is 31.4 Å². The molecule has 8 heteroatoms. The van der Waals surface area contributed by atoms with Crippen LogP contribution in [0.1, 0.15) is 5.56 Å². The Labute approximate surface area is 136 Å². The summed E-state index contributed by atoms with van der Waals surface area (Å²) < 4.78 is 11.0. The van der Waals surface area contributed by atoms with Gasteiger partial charge in [0.2, 0.25) is 0 Å². The summed E-state index contributed by atoms with van der Waals surface area (Å²) in [6, 6.07) is 7.04. The molecule has 0 aliphatic carbocycles. The molecule has 23 heavy (non-hydrogen) atoms. The predicted molar refractivity (Wildman–Crippen MR) is 85.8 cm³/mol. The van der Waals surface area contributed by atoms with Crippen LogP contribution in [0.15, 0.2) is 41.7 Å². The van der Waals surface area contributed by atoms with E-state index in [9.17, 15) is 9.59 Å². The Morgan fingerprint density at radius 3 is 2.65 bits per heavy atom. The second-order valence-electron chi connectivity index (χ2n) is 4.47. The molecule has 0 bridgehead atoms. The number of aromatic nitrogens is 2. The van der Waals surface area contributed by atoms with Crippen molar-refractivity contribution >= 4 is 23.3 Å². The fraction of sp³-hybridized carbons (Fsp3) is 0.133. The lowest BCUT2D eigenvalue weighted by Gasteiger charge is -2.11. The number of halogens is 1. The van der Waals surface area contributed by atoms with Crippen molar-refractivity contribution in [1.82, 2.24) is 9.78 Å². The van der Waals surface area contributed by atoms with Crippen molar-refractivity contribution in [2.75, 3.05) is 12.8 Å². The molecule has 2 aromatic rings. The number of benzene rings is 1. The first-order valence-corrected chi connectivity index (χ1v) is 6.87. The van der Waals surface area contributed by atoms with E-state index in [0.717, 1.165) is 16.3 Å². The van der Waals surface area contributed by atoms with Crippen LogP contribution >= 0.6 is 11.6 Å². The Morgan fingerprint density at radius 1 is 1.43 bits per heavy atom. The van der Waals surface area contributed by atoms with Gasteiger partial charge < -0.3 is 15.2 Å². The Kier molecular flexibility index (Phi) is 5.02. The maximum Gasteiger partial charge on any atom is 0.337 e. The summed E-state index contributed by atoms with van der Waals surface area (Å²) in [5, 5.41) is 3.67. The Balaban J connectivity index is 2.38. The molecule has 120 valence electrons. The van der Waals surface area contributed by atoms with E-state index >= 15 is 0 Å². The minimum Gasteiger partial charge on any atom is -0.497 e. The second-order valence-corrected chi connectivity index (χ2v) is 4.85. The average Bonchev–Trinajstić information content (AvgIpc) is 2.57. The van der Waals surface area contributed by atoms with E-state index in [1.165, 1.54) is 0 Å². The molecule has 0 aliphatic rings. The smallest absolute Gasteiger partial charge is 0.337 e. The van der Waals surface area contributed by atoms with Gasteiger partial charge in [-0.05, 0) is 17.7 Å². The predicted octanol–water partition coefficient (Wildman–Crippen LogP) is 1.63. The lowest BCUT2D eigenvalue weighted by atomic mass is 10.2. The summed E-state index contributed by atoms with van der Waals surface area (Å²) in [4.78, 5) is 23.4. The summed E-state index contributed by atoms with van der Waals surface area (Å²) in [6.45, 7) is 3.40. The molecule has 2 N–H and O–H groups in total. The Bertz CT molecular complexity index is 800. The normalized spacial score (nSPS) is 10.2. The number of methoxy groups -OCH3 is 1. The topological polar surface area (TPSA) is 96.4 Å². The fourth-order valence-corrected chi connectivity index (χ4v) is 1.93. The van der Waals surface area contributed by atoms with E-state index in [1.807, 2.05) is 0 Å². The minimum atomic E-state index is -0.755. The number of nitrogen functional groups attached to an aromatic ring is 1. The summed E-state index contributed by atoms with van der Waals surface area (Å²) in [5.74, 6) is -0.312. The van der Waals surface area contributed by atoms with Crippen LogP contribution < -0.4 is 20.8 Å². The molecule has 0 aliphatic heterocycles. The van der Waals surface area contributed by atoms with Crippen LogP contribution in [0.4, 0.5) is 5.69 Å². The van der Waals surface area contributed by atoms with Gasteiger partial charge in [0.25, 0.3) is 11.4 Å². The molecule has 0 unspecified atom stereocenters. The van der Waals surface area contributed by atoms with Crippen molar-refractivity contribution in [3.05, 3.63) is 57.9 Å². The number of anilines is 1. The first-order valence-electron chi connectivity index (χ1n) is 6.49. The van der Waals surface area contributed by atoms with Gasteiger partial charge in [0.15, 0.2) is 0 Å². The van der Waals surface area contributed by atoms with Crippen LogP contribution in [0.2, 0.25) is 5.02 Å². The SMILES string of the molecule is C=CC(=O)Oc1nn(Cc2ccc(OC)cc2)c(=O)c(Cl)c1N. The lowest BCUT2D eigenvalue weighted by Crippen LogP contribution is -2.26. The van der Waals surface area contributed by atoms with Gasteiger partial charge >= 0.3 is 5.97 Å². The number of nitrogens with zero attached hydrogens (tertiary/aromatic N) is 2. The first-order chi connectivity index (χ1) is 11.0. The standard InChI is InChI=1S/C15H14ClN3O4/c1-3-11(20)23-14-13(17)12(16)15(21)19(18-14)8-9-4-6-10(22-2)7-5-9/h3-7H,1,8,17H2,2H3. The molecule has 0 fully saturated rings. The van der Waals surface area contributed by atoms with Crippen molar-refractivity contribution < 1.29 is 14.3 Å². The number of carbonyl (C=O) groups is 1. The minimum absolute atomic E-state index is 0.126. The van der Waals surface area contributed by atoms with E-state index in [-0.39, 0.29) is 23.1 Å². The highest BCUT2D eigenvalue weighted by molar-refractivity contribution is 6.33. The van der Waals surface area contributed by atoms with Gasteiger partial charge in [0.1, 0.15) is 16.5 Å². The van der Waals surface area contributed by atoms with Crippen LogP contribution in [0.3, 0.4) is 0 Å². The van der Waals surface area contributed by atoms with Crippen LogP contribution in [0.5, 0.6) is 11.6 Å². The number of nitrogens with two attached hydrogens (primary N) is 1. The summed E-state index contributed by atoms with van der Waals surface area (Å²) in [6.07, 6.45) is 0.952. The summed E-state index contributed by atoms with van der Waals surface area (Å²) in [5.41, 5.74) is 5.65. The van der Waals surface area contributed by atoms with Gasteiger partial charge in [-0.3, -0.25) is 4.79 Å². The van der Waals surface area contributed by atoms with Crippen LogP contribution in [-0.2, 0) is 11.3 Å². The Hall–Kier alpha value is -2.80. The quantitative estimate of drug-likeness (QED) is 0.659. The number of esters is 1. The van der Waals surface area contributed by atoms with Crippen molar-refractivity contribution in [3.8, 4) is 11.6 Å². The van der Waals surface area contributed by atoms with Gasteiger partial charge in [-0.15, -0.1) is 5.10 Å². The van der Waals surface area contributed by atoms with Crippen LogP contribution in [0, 0.1) is 0 Å². The fourth-order valence-electron chi connectivity index (χ4n) is 1.75. The molecule has 1 heterocycles. The molecule has 0 spiro atoms. The molecule has 1 aromatic carbocycles. The highest BCUT2D eigenvalue weighted by Gasteiger charge is 2.16. The number of rotatable bonds is 5. The van der Waals surface area contributed by atoms with Gasteiger partial charge in [-0.1, -0.05) is 30.3 Å². The van der Waals surface area contributed by atoms with E-state index < -0.39 is 11.5 Å². The third-order valence-corrected chi connectivity index (χ3v) is 3.32. The van der Waals surface area contributed by atoms with Crippen molar-refractivity contribution in [1.29, 1.82) is 0 Å². The van der Waals surface area contributed by atoms with E-state index in [2.05, 4.69) is 11.7 Å². The molecule has 0 amide bonds. The highest BCUT2D eigenvalue weighted by Crippen LogP contribution is 2.24. The number of hydrogen-bond donors (Lipinski definition) is 1. The molecular weight excluding hydrogens is 322 g/mol. The van der Waals surface area contributed by atoms with Crippen molar-refractivity contribution in [2.24, 2.45) is 0 Å². The van der Waals surface area contributed by atoms with Crippen molar-refractivity contribution in [3.63, 3.8) is 0 Å². The maximum absolute atomic E-state index is 12.1. The highest BCUT2D eigenvalue weighted by atomic mass is 35.5. The van der Waals surface area contributed by atoms with Gasteiger partial charge in [0.05, 0.1) is 13.7 Å². The van der Waals surface area contributed by atoms with E-state index in [4.69, 9.17) is 26.8 Å². The summed E-state index contributed by atoms with van der Waals surface area (Å²) in [7, 11) is 1.56. The molecule has 0 radical (unpaired) electrons. The van der Waals surface area contributed by atoms with Crippen LogP contribution in [0.25, 0.3) is 0 Å². The molecule has 0 saturated carbocycles. The van der Waals surface area contributed by atoms with Gasteiger partial charge in [-0.2, -0.15) is 0 Å². The molecule has 0 saturated heterocycles. The molecule has 7 nitrogen and oxygen atoms in total. The second kappa shape index (κ2) is 6.97. The molecule has 2 rings (SSSR count). The van der Waals surface area contributed by atoms with Crippen molar-refractivity contribution in [2.45, 2.75) is 6.54 Å².